The molecule has 2 heterocycles. The first-order valence-corrected chi connectivity index (χ1v) is 6.58. The minimum absolute atomic E-state index is 0.00351. The number of nitrogens with one attached hydrogen (secondary N) is 1. The normalized spacial score (nSPS) is 22.4. The summed E-state index contributed by atoms with van der Waals surface area (Å²) in [6.07, 6.45) is 0.123. The van der Waals surface area contributed by atoms with Crippen LogP contribution in [0.15, 0.2) is 18.2 Å². The molecule has 1 aliphatic heterocycles. The molecule has 1 aliphatic rings. The number of carbonyl (C=O) groups is 1. The van der Waals surface area contributed by atoms with E-state index in [9.17, 15) is 9.90 Å². The number of nitrogens with two attached hydrogens (primary N) is 1. The smallest absolute Gasteiger partial charge is 0.272 e. The van der Waals surface area contributed by atoms with Crippen LogP contribution in [0, 0.1) is 0 Å². The second-order valence-electron chi connectivity index (χ2n) is 5.32. The molecule has 2 rings (SSSR count). The highest BCUT2D eigenvalue weighted by molar-refractivity contribution is 5.93. The molecule has 0 radical (unpaired) electrons. The van der Waals surface area contributed by atoms with E-state index in [1.165, 1.54) is 0 Å². The van der Waals surface area contributed by atoms with Crippen molar-refractivity contribution in [3.8, 4) is 0 Å². The lowest BCUT2D eigenvalue weighted by Gasteiger charge is -2.26. The molecular weight excluding hydrogens is 258 g/mol. The Hall–Kier alpha value is -1.70. The molecule has 4 N–H and O–H groups in total. The molecule has 1 aromatic heterocycles. The van der Waals surface area contributed by atoms with Gasteiger partial charge >= 0.3 is 0 Å². The minimum Gasteiger partial charge on any atom is -0.391 e. The van der Waals surface area contributed by atoms with Crippen LogP contribution in [0.2, 0.25) is 0 Å². The lowest BCUT2D eigenvalue weighted by Crippen LogP contribution is -2.41. The standard InChI is InChI=1S/C13H21N5O2/c1-17(2)7-9-6-10(19)8-18(9)13(20)11-4-3-5-12(15-11)16-14/h3-5,9-10,19H,6-8,14H2,1-2H3,(H,15,16). The van der Waals surface area contributed by atoms with Gasteiger partial charge in [-0.15, -0.1) is 0 Å². The number of likely N-dealkylation sites (tertiary alicyclic amines) is 1. The Morgan fingerprint density at radius 3 is 3.00 bits per heavy atom. The molecule has 2 atom stereocenters. The third-order valence-corrected chi connectivity index (χ3v) is 3.35. The first kappa shape index (κ1) is 14.7. The Morgan fingerprint density at radius 2 is 2.35 bits per heavy atom. The number of hydrogen-bond acceptors (Lipinski definition) is 6. The van der Waals surface area contributed by atoms with Gasteiger partial charge in [-0.1, -0.05) is 6.07 Å². The molecule has 7 nitrogen and oxygen atoms in total. The van der Waals surface area contributed by atoms with Crippen LogP contribution < -0.4 is 11.3 Å². The predicted octanol–water partition coefficient (Wildman–Crippen LogP) is -0.496. The lowest BCUT2D eigenvalue weighted by atomic mass is 10.2. The van der Waals surface area contributed by atoms with Crippen molar-refractivity contribution < 1.29 is 9.90 Å². The number of rotatable bonds is 4. The maximum Gasteiger partial charge on any atom is 0.272 e. The number of hydrogen-bond donors (Lipinski definition) is 3. The average Bonchev–Trinajstić information content (AvgIpc) is 2.78. The van der Waals surface area contributed by atoms with Crippen LogP contribution in [0.1, 0.15) is 16.9 Å². The van der Waals surface area contributed by atoms with Crippen molar-refractivity contribution in [3.63, 3.8) is 0 Å². The highest BCUT2D eigenvalue weighted by Crippen LogP contribution is 2.21. The van der Waals surface area contributed by atoms with Gasteiger partial charge in [-0.05, 0) is 32.6 Å². The van der Waals surface area contributed by atoms with Crippen molar-refractivity contribution in [2.24, 2.45) is 5.84 Å². The molecule has 1 aromatic rings. The van der Waals surface area contributed by atoms with Crippen LogP contribution in [0.3, 0.4) is 0 Å². The van der Waals surface area contributed by atoms with Crippen LogP contribution >= 0.6 is 0 Å². The number of aromatic nitrogens is 1. The fraction of sp³-hybridized carbons (Fsp3) is 0.538. The largest absolute Gasteiger partial charge is 0.391 e. The van der Waals surface area contributed by atoms with Crippen molar-refractivity contribution in [3.05, 3.63) is 23.9 Å². The molecule has 110 valence electrons. The third-order valence-electron chi connectivity index (χ3n) is 3.35. The van der Waals surface area contributed by atoms with Crippen LogP contribution in [0.4, 0.5) is 5.82 Å². The van der Waals surface area contributed by atoms with Gasteiger partial charge in [0.15, 0.2) is 0 Å². The summed E-state index contributed by atoms with van der Waals surface area (Å²) in [6.45, 7) is 1.07. The van der Waals surface area contributed by atoms with E-state index in [2.05, 4.69) is 10.4 Å². The number of aliphatic hydroxyl groups is 1. The van der Waals surface area contributed by atoms with Crippen molar-refractivity contribution in [2.75, 3.05) is 32.6 Å². The summed E-state index contributed by atoms with van der Waals surface area (Å²) in [5.41, 5.74) is 2.76. The Bertz CT molecular complexity index is 480. The Balaban J connectivity index is 2.17. The summed E-state index contributed by atoms with van der Waals surface area (Å²) < 4.78 is 0. The lowest BCUT2D eigenvalue weighted by molar-refractivity contribution is 0.0693. The van der Waals surface area contributed by atoms with Gasteiger partial charge in [-0.2, -0.15) is 0 Å². The molecule has 7 heteroatoms. The maximum absolute atomic E-state index is 12.5. The van der Waals surface area contributed by atoms with E-state index in [1.54, 1.807) is 23.1 Å². The number of nitrogen functional groups attached to an aromatic ring is 1. The van der Waals surface area contributed by atoms with E-state index >= 15 is 0 Å². The summed E-state index contributed by atoms with van der Waals surface area (Å²) in [5.74, 6) is 5.57. The zero-order valence-corrected chi connectivity index (χ0v) is 11.8. The number of nitrogens with zero attached hydrogens (tertiary/aromatic N) is 3. The average molecular weight is 279 g/mol. The molecule has 1 saturated heterocycles. The number of amides is 1. The van der Waals surface area contributed by atoms with E-state index in [0.717, 1.165) is 6.54 Å². The molecule has 0 bridgehead atoms. The van der Waals surface area contributed by atoms with Crippen molar-refractivity contribution in [1.29, 1.82) is 0 Å². The van der Waals surface area contributed by atoms with Crippen LogP contribution in [-0.4, -0.2) is 65.1 Å². The molecule has 0 aliphatic carbocycles. The first-order valence-electron chi connectivity index (χ1n) is 6.58. The number of β-amino-alcohol motifs (C(OH)–C–C–N with tert-alkyl or cyclic N) is 1. The molecular formula is C13H21N5O2. The van der Waals surface area contributed by atoms with E-state index in [4.69, 9.17) is 5.84 Å². The first-order chi connectivity index (χ1) is 9.51. The maximum atomic E-state index is 12.5. The minimum atomic E-state index is -0.472. The number of likely N-dealkylation sites (N-methyl/N-ethyl adjacent to an activating group) is 1. The second kappa shape index (κ2) is 6.17. The van der Waals surface area contributed by atoms with Gasteiger partial charge in [0.05, 0.1) is 6.10 Å². The van der Waals surface area contributed by atoms with E-state index < -0.39 is 6.10 Å². The monoisotopic (exact) mass is 279 g/mol. The summed E-state index contributed by atoms with van der Waals surface area (Å²) in [5, 5.41) is 9.81. The third kappa shape index (κ3) is 3.24. The van der Waals surface area contributed by atoms with Crippen molar-refractivity contribution >= 4 is 11.7 Å². The zero-order valence-electron chi connectivity index (χ0n) is 11.8. The Kier molecular flexibility index (Phi) is 4.53. The highest BCUT2D eigenvalue weighted by atomic mass is 16.3. The molecule has 0 spiro atoms. The predicted molar refractivity (Wildman–Crippen MR) is 76.0 cm³/mol. The Labute approximate surface area is 118 Å². The highest BCUT2D eigenvalue weighted by Gasteiger charge is 2.35. The van der Waals surface area contributed by atoms with Gasteiger partial charge in [0, 0.05) is 19.1 Å². The van der Waals surface area contributed by atoms with E-state index in [0.29, 0.717) is 24.5 Å². The molecule has 0 aromatic carbocycles. The SMILES string of the molecule is CN(C)CC1CC(O)CN1C(=O)c1cccc(NN)n1. The van der Waals surface area contributed by atoms with Crippen molar-refractivity contribution in [2.45, 2.75) is 18.6 Å². The van der Waals surface area contributed by atoms with Gasteiger partial charge in [-0.3, -0.25) is 4.79 Å². The van der Waals surface area contributed by atoms with Gasteiger partial charge in [0.2, 0.25) is 0 Å². The number of carbonyl (C=O) groups excluding carboxylic acids is 1. The Morgan fingerprint density at radius 1 is 1.60 bits per heavy atom. The number of hydrazine groups is 1. The molecule has 20 heavy (non-hydrogen) atoms. The fourth-order valence-corrected chi connectivity index (χ4v) is 2.52. The fourth-order valence-electron chi connectivity index (χ4n) is 2.52. The topological polar surface area (TPSA) is 94.7 Å². The van der Waals surface area contributed by atoms with Gasteiger partial charge in [0.1, 0.15) is 11.5 Å². The van der Waals surface area contributed by atoms with Crippen LogP contribution in [0.5, 0.6) is 0 Å². The summed E-state index contributed by atoms with van der Waals surface area (Å²) in [7, 11) is 3.90. The van der Waals surface area contributed by atoms with Crippen LogP contribution in [-0.2, 0) is 0 Å². The summed E-state index contributed by atoms with van der Waals surface area (Å²) >= 11 is 0. The number of anilines is 1. The summed E-state index contributed by atoms with van der Waals surface area (Å²) in [6, 6.07) is 5.07. The molecule has 0 saturated carbocycles. The number of pyridine rings is 1. The summed E-state index contributed by atoms with van der Waals surface area (Å²) in [4.78, 5) is 20.4. The van der Waals surface area contributed by atoms with E-state index in [1.807, 2.05) is 19.0 Å². The second-order valence-corrected chi connectivity index (χ2v) is 5.32. The quantitative estimate of drug-likeness (QED) is 0.508. The van der Waals surface area contributed by atoms with Crippen LogP contribution in [0.25, 0.3) is 0 Å². The van der Waals surface area contributed by atoms with Gasteiger partial charge < -0.3 is 20.3 Å². The van der Waals surface area contributed by atoms with Gasteiger partial charge in [0.25, 0.3) is 5.91 Å². The van der Waals surface area contributed by atoms with E-state index in [-0.39, 0.29) is 11.9 Å². The van der Waals surface area contributed by atoms with Crippen molar-refractivity contribution in [1.82, 2.24) is 14.8 Å². The molecule has 2 unspecified atom stereocenters. The van der Waals surface area contributed by atoms with Gasteiger partial charge in [-0.25, -0.2) is 10.8 Å². The molecule has 1 fully saturated rings. The molecule has 1 amide bonds. The number of aliphatic hydroxyl groups excluding tert-OH is 1. The zero-order chi connectivity index (χ0) is 14.7.